The summed E-state index contributed by atoms with van der Waals surface area (Å²) in [5, 5.41) is 3.31. The SMILES string of the molecule is CCNCC(OCCOC)c1ccc(Br)cc1. The lowest BCUT2D eigenvalue weighted by Crippen LogP contribution is -2.24. The summed E-state index contributed by atoms with van der Waals surface area (Å²) in [4.78, 5) is 0. The standard InChI is InChI=1S/C13H20BrNO2/c1-3-15-10-13(17-9-8-16-2)11-4-6-12(14)7-5-11/h4-7,13,15H,3,8-10H2,1-2H3. The second-order valence-corrected chi connectivity index (χ2v) is 4.63. The Hall–Kier alpha value is -0.420. The highest BCUT2D eigenvalue weighted by atomic mass is 79.9. The van der Waals surface area contributed by atoms with Crippen molar-refractivity contribution in [3.05, 3.63) is 34.3 Å². The molecule has 4 heteroatoms. The van der Waals surface area contributed by atoms with Crippen LogP contribution in [0.4, 0.5) is 0 Å². The maximum absolute atomic E-state index is 5.81. The molecule has 1 aromatic rings. The minimum Gasteiger partial charge on any atom is -0.382 e. The molecule has 17 heavy (non-hydrogen) atoms. The van der Waals surface area contributed by atoms with E-state index in [0.717, 1.165) is 17.6 Å². The Labute approximate surface area is 112 Å². The number of hydrogen-bond acceptors (Lipinski definition) is 3. The van der Waals surface area contributed by atoms with Crippen LogP contribution in [0, 0.1) is 0 Å². The van der Waals surface area contributed by atoms with Crippen molar-refractivity contribution in [2.24, 2.45) is 0 Å². The van der Waals surface area contributed by atoms with Gasteiger partial charge in [0, 0.05) is 18.1 Å². The van der Waals surface area contributed by atoms with Crippen molar-refractivity contribution in [3.63, 3.8) is 0 Å². The van der Waals surface area contributed by atoms with Gasteiger partial charge in [-0.25, -0.2) is 0 Å². The van der Waals surface area contributed by atoms with E-state index in [1.807, 2.05) is 12.1 Å². The zero-order valence-electron chi connectivity index (χ0n) is 10.4. The third-order valence-corrected chi connectivity index (χ3v) is 2.96. The van der Waals surface area contributed by atoms with Crippen molar-refractivity contribution in [3.8, 4) is 0 Å². The van der Waals surface area contributed by atoms with Crippen LogP contribution in [0.15, 0.2) is 28.7 Å². The van der Waals surface area contributed by atoms with Crippen molar-refractivity contribution in [2.45, 2.75) is 13.0 Å². The number of benzene rings is 1. The lowest BCUT2D eigenvalue weighted by Gasteiger charge is -2.18. The Morgan fingerprint density at radius 1 is 1.24 bits per heavy atom. The first kappa shape index (κ1) is 14.6. The van der Waals surface area contributed by atoms with Crippen LogP contribution in [0.3, 0.4) is 0 Å². The first-order chi connectivity index (χ1) is 8.27. The summed E-state index contributed by atoms with van der Waals surface area (Å²) < 4.78 is 11.9. The average Bonchev–Trinajstić information content (AvgIpc) is 2.35. The quantitative estimate of drug-likeness (QED) is 0.749. The van der Waals surface area contributed by atoms with E-state index in [-0.39, 0.29) is 6.10 Å². The molecule has 0 aromatic heterocycles. The summed E-state index contributed by atoms with van der Waals surface area (Å²) in [6.45, 7) is 5.10. The summed E-state index contributed by atoms with van der Waals surface area (Å²) in [7, 11) is 1.68. The van der Waals surface area contributed by atoms with Gasteiger partial charge in [-0.15, -0.1) is 0 Å². The van der Waals surface area contributed by atoms with Crippen molar-refractivity contribution >= 4 is 15.9 Å². The fourth-order valence-electron chi connectivity index (χ4n) is 1.50. The number of hydrogen-bond donors (Lipinski definition) is 1. The van der Waals surface area contributed by atoms with Crippen LogP contribution in [0.25, 0.3) is 0 Å². The maximum Gasteiger partial charge on any atom is 0.0950 e. The van der Waals surface area contributed by atoms with E-state index in [4.69, 9.17) is 9.47 Å². The van der Waals surface area contributed by atoms with Crippen LogP contribution in [-0.2, 0) is 9.47 Å². The third kappa shape index (κ3) is 5.64. The lowest BCUT2D eigenvalue weighted by molar-refractivity contribution is 0.0169. The van der Waals surface area contributed by atoms with Gasteiger partial charge in [-0.2, -0.15) is 0 Å². The van der Waals surface area contributed by atoms with Gasteiger partial charge in [0.15, 0.2) is 0 Å². The average molecular weight is 302 g/mol. The van der Waals surface area contributed by atoms with Crippen LogP contribution in [-0.4, -0.2) is 33.4 Å². The first-order valence-corrected chi connectivity index (χ1v) is 6.64. The van der Waals surface area contributed by atoms with E-state index in [1.165, 1.54) is 5.56 Å². The van der Waals surface area contributed by atoms with Crippen molar-refractivity contribution in [2.75, 3.05) is 33.4 Å². The molecular formula is C13H20BrNO2. The van der Waals surface area contributed by atoms with Gasteiger partial charge in [0.05, 0.1) is 19.3 Å². The van der Waals surface area contributed by atoms with E-state index in [0.29, 0.717) is 13.2 Å². The minimum absolute atomic E-state index is 0.0817. The fraction of sp³-hybridized carbons (Fsp3) is 0.538. The fourth-order valence-corrected chi connectivity index (χ4v) is 1.76. The molecule has 0 saturated carbocycles. The zero-order chi connectivity index (χ0) is 12.5. The molecule has 0 spiro atoms. The van der Waals surface area contributed by atoms with Gasteiger partial charge < -0.3 is 14.8 Å². The smallest absolute Gasteiger partial charge is 0.0950 e. The van der Waals surface area contributed by atoms with Crippen molar-refractivity contribution < 1.29 is 9.47 Å². The molecule has 96 valence electrons. The highest BCUT2D eigenvalue weighted by molar-refractivity contribution is 9.10. The maximum atomic E-state index is 5.81. The molecule has 1 atom stereocenters. The second kappa shape index (κ2) is 8.64. The Kier molecular flexibility index (Phi) is 7.44. The van der Waals surface area contributed by atoms with Crippen LogP contribution in [0.5, 0.6) is 0 Å². The van der Waals surface area contributed by atoms with Gasteiger partial charge in [-0.05, 0) is 24.2 Å². The molecule has 0 aliphatic heterocycles. The molecule has 0 fully saturated rings. The number of likely N-dealkylation sites (N-methyl/N-ethyl adjacent to an activating group) is 1. The van der Waals surface area contributed by atoms with E-state index in [9.17, 15) is 0 Å². The number of nitrogens with one attached hydrogen (secondary N) is 1. The van der Waals surface area contributed by atoms with Crippen molar-refractivity contribution in [1.29, 1.82) is 0 Å². The van der Waals surface area contributed by atoms with Gasteiger partial charge in [-0.1, -0.05) is 35.0 Å². The van der Waals surface area contributed by atoms with Crippen LogP contribution in [0.2, 0.25) is 0 Å². The molecule has 0 aliphatic rings. The molecule has 1 aromatic carbocycles. The summed E-state index contributed by atoms with van der Waals surface area (Å²) in [6, 6.07) is 8.24. The molecule has 1 rings (SSSR count). The summed E-state index contributed by atoms with van der Waals surface area (Å²) in [5.74, 6) is 0. The van der Waals surface area contributed by atoms with E-state index >= 15 is 0 Å². The minimum atomic E-state index is 0.0817. The molecular weight excluding hydrogens is 282 g/mol. The zero-order valence-corrected chi connectivity index (χ0v) is 12.0. The predicted octanol–water partition coefficient (Wildman–Crippen LogP) is 2.76. The Bertz CT molecular complexity index is 303. The Balaban J connectivity index is 2.57. The summed E-state index contributed by atoms with van der Waals surface area (Å²) in [6.07, 6.45) is 0.0817. The van der Waals surface area contributed by atoms with E-state index in [2.05, 4.69) is 40.3 Å². The molecule has 0 amide bonds. The predicted molar refractivity (Wildman–Crippen MR) is 73.3 cm³/mol. The number of methoxy groups -OCH3 is 1. The summed E-state index contributed by atoms with van der Waals surface area (Å²) >= 11 is 3.43. The van der Waals surface area contributed by atoms with Crippen LogP contribution < -0.4 is 5.32 Å². The Morgan fingerprint density at radius 3 is 2.53 bits per heavy atom. The largest absolute Gasteiger partial charge is 0.382 e. The van der Waals surface area contributed by atoms with E-state index < -0.39 is 0 Å². The van der Waals surface area contributed by atoms with Gasteiger partial charge in [0.2, 0.25) is 0 Å². The summed E-state index contributed by atoms with van der Waals surface area (Å²) in [5.41, 5.74) is 1.19. The van der Waals surface area contributed by atoms with Crippen molar-refractivity contribution in [1.82, 2.24) is 5.32 Å². The van der Waals surface area contributed by atoms with Crippen LogP contribution >= 0.6 is 15.9 Å². The highest BCUT2D eigenvalue weighted by Gasteiger charge is 2.11. The number of halogens is 1. The molecule has 0 heterocycles. The number of rotatable bonds is 8. The highest BCUT2D eigenvalue weighted by Crippen LogP contribution is 2.19. The van der Waals surface area contributed by atoms with E-state index in [1.54, 1.807) is 7.11 Å². The molecule has 0 saturated heterocycles. The molecule has 1 unspecified atom stereocenters. The first-order valence-electron chi connectivity index (χ1n) is 5.84. The van der Waals surface area contributed by atoms with Gasteiger partial charge in [0.25, 0.3) is 0 Å². The number of ether oxygens (including phenoxy) is 2. The third-order valence-electron chi connectivity index (χ3n) is 2.43. The second-order valence-electron chi connectivity index (χ2n) is 3.71. The molecule has 0 bridgehead atoms. The van der Waals surface area contributed by atoms with Gasteiger partial charge in [-0.3, -0.25) is 0 Å². The van der Waals surface area contributed by atoms with Gasteiger partial charge >= 0.3 is 0 Å². The van der Waals surface area contributed by atoms with Gasteiger partial charge in [0.1, 0.15) is 0 Å². The molecule has 0 radical (unpaired) electrons. The lowest BCUT2D eigenvalue weighted by atomic mass is 10.1. The van der Waals surface area contributed by atoms with Crippen LogP contribution in [0.1, 0.15) is 18.6 Å². The normalized spacial score (nSPS) is 12.6. The molecule has 0 aliphatic carbocycles. The topological polar surface area (TPSA) is 30.5 Å². The monoisotopic (exact) mass is 301 g/mol. The molecule has 1 N–H and O–H groups in total. The molecule has 3 nitrogen and oxygen atoms in total. The Morgan fingerprint density at radius 2 is 1.94 bits per heavy atom.